The van der Waals surface area contributed by atoms with Crippen molar-refractivity contribution < 1.29 is 89.4 Å². The lowest BCUT2D eigenvalue weighted by molar-refractivity contribution is -0.379. The zero-order valence-corrected chi connectivity index (χ0v) is 45.8. The Kier molecular flexibility index (Phi) is 36.8. The summed E-state index contributed by atoms with van der Waals surface area (Å²) in [5, 5.41) is 120. The first kappa shape index (κ1) is 67.8. The zero-order chi connectivity index (χ0) is 54.8. The Labute approximate surface area is 448 Å². The number of hydrogen-bond donors (Lipinski definition) is 12. The first-order valence-electron chi connectivity index (χ1n) is 29.4. The van der Waals surface area contributed by atoms with Crippen molar-refractivity contribution in [3.8, 4) is 0 Å². The molecule has 0 aromatic rings. The van der Waals surface area contributed by atoms with Gasteiger partial charge in [-0.1, -0.05) is 193 Å². The van der Waals surface area contributed by atoms with E-state index in [9.17, 15) is 61.0 Å². The first-order chi connectivity index (χ1) is 36.3. The van der Waals surface area contributed by atoms with Crippen LogP contribution in [-0.2, 0) is 33.2 Å². The van der Waals surface area contributed by atoms with E-state index < -0.39 is 124 Å². The van der Waals surface area contributed by atoms with Crippen LogP contribution in [0.25, 0.3) is 0 Å². The number of amides is 1. The third kappa shape index (κ3) is 25.3. The second-order valence-electron chi connectivity index (χ2n) is 21.5. The first-order valence-corrected chi connectivity index (χ1v) is 29.4. The highest BCUT2D eigenvalue weighted by Crippen LogP contribution is 2.33. The van der Waals surface area contributed by atoms with Gasteiger partial charge in [-0.15, -0.1) is 0 Å². The summed E-state index contributed by atoms with van der Waals surface area (Å²) < 4.78 is 34.2. The van der Waals surface area contributed by atoms with Crippen LogP contribution >= 0.6 is 0 Å². The quantitative estimate of drug-likeness (QED) is 0.0293. The molecule has 17 unspecified atom stereocenters. The number of unbranched alkanes of at least 4 members (excludes halogenated alkanes) is 27. The van der Waals surface area contributed by atoms with Gasteiger partial charge in [-0.3, -0.25) is 4.79 Å². The summed E-state index contributed by atoms with van der Waals surface area (Å²) in [4.78, 5) is 13.3. The van der Waals surface area contributed by atoms with E-state index in [1.165, 1.54) is 135 Å². The fourth-order valence-corrected chi connectivity index (χ4v) is 10.2. The molecular formula is C56H105NO18. The SMILES string of the molecule is CCCCCCCCCCCCCCCCCC/C=C/C(O)C(COC1OC(CO)C(OC2OC(CO)C(OC3OC(CO)C(O)C(O)C3O)C(O)C2O)C(O)C1O)NC(=O)CCCCCCCCCCCCCC. The third-order valence-corrected chi connectivity index (χ3v) is 15.1. The van der Waals surface area contributed by atoms with E-state index in [1.807, 2.05) is 6.08 Å². The second-order valence-corrected chi connectivity index (χ2v) is 21.5. The highest BCUT2D eigenvalue weighted by Gasteiger charge is 2.53. The smallest absolute Gasteiger partial charge is 0.220 e. The third-order valence-electron chi connectivity index (χ3n) is 15.1. The van der Waals surface area contributed by atoms with E-state index in [0.717, 1.165) is 44.9 Å². The molecule has 3 aliphatic rings. The Morgan fingerprint density at radius 3 is 1.25 bits per heavy atom. The minimum Gasteiger partial charge on any atom is -0.394 e. The number of rotatable bonds is 43. The summed E-state index contributed by atoms with van der Waals surface area (Å²) in [6.07, 6.45) is 12.0. The van der Waals surface area contributed by atoms with Crippen molar-refractivity contribution in [3.05, 3.63) is 12.2 Å². The number of carbonyl (C=O) groups is 1. The molecule has 3 saturated heterocycles. The average Bonchev–Trinajstić information content (AvgIpc) is 3.41. The fourth-order valence-electron chi connectivity index (χ4n) is 10.2. The molecule has 3 heterocycles. The lowest BCUT2D eigenvalue weighted by atomic mass is 9.96. The molecule has 0 aromatic carbocycles. The minimum absolute atomic E-state index is 0.248. The largest absolute Gasteiger partial charge is 0.394 e. The van der Waals surface area contributed by atoms with Gasteiger partial charge in [0.25, 0.3) is 0 Å². The molecule has 1 amide bonds. The van der Waals surface area contributed by atoms with Crippen LogP contribution in [-0.4, -0.2) is 193 Å². The monoisotopic (exact) mass is 1080 g/mol. The molecule has 0 saturated carbocycles. The van der Waals surface area contributed by atoms with Crippen LogP contribution in [0.15, 0.2) is 12.2 Å². The van der Waals surface area contributed by atoms with Gasteiger partial charge in [-0.05, 0) is 19.3 Å². The zero-order valence-electron chi connectivity index (χ0n) is 45.8. The molecule has 75 heavy (non-hydrogen) atoms. The number of allylic oxidation sites excluding steroid dienone is 1. The van der Waals surface area contributed by atoms with Crippen molar-refractivity contribution in [2.24, 2.45) is 0 Å². The van der Waals surface area contributed by atoms with E-state index in [0.29, 0.717) is 6.42 Å². The van der Waals surface area contributed by atoms with Crippen LogP contribution in [0.2, 0.25) is 0 Å². The number of aliphatic hydroxyl groups excluding tert-OH is 11. The summed E-state index contributed by atoms with van der Waals surface area (Å²) in [7, 11) is 0. The Balaban J connectivity index is 1.51. The predicted molar refractivity (Wildman–Crippen MR) is 282 cm³/mol. The number of nitrogens with one attached hydrogen (secondary N) is 1. The Morgan fingerprint density at radius 2 is 0.827 bits per heavy atom. The van der Waals surface area contributed by atoms with Crippen LogP contribution in [0.4, 0.5) is 0 Å². The molecule has 17 atom stereocenters. The van der Waals surface area contributed by atoms with Crippen molar-refractivity contribution in [1.29, 1.82) is 0 Å². The van der Waals surface area contributed by atoms with Crippen molar-refractivity contribution in [3.63, 3.8) is 0 Å². The number of aliphatic hydroxyl groups is 11. The van der Waals surface area contributed by atoms with E-state index in [1.54, 1.807) is 6.08 Å². The van der Waals surface area contributed by atoms with E-state index in [2.05, 4.69) is 19.2 Å². The van der Waals surface area contributed by atoms with Gasteiger partial charge in [0, 0.05) is 6.42 Å². The van der Waals surface area contributed by atoms with E-state index in [4.69, 9.17) is 28.4 Å². The van der Waals surface area contributed by atoms with Crippen LogP contribution < -0.4 is 5.32 Å². The van der Waals surface area contributed by atoms with Gasteiger partial charge in [0.2, 0.25) is 5.91 Å². The number of carbonyl (C=O) groups excluding carboxylic acids is 1. The van der Waals surface area contributed by atoms with Gasteiger partial charge >= 0.3 is 0 Å². The molecule has 0 bridgehead atoms. The predicted octanol–water partition coefficient (Wildman–Crippen LogP) is 4.60. The van der Waals surface area contributed by atoms with Crippen LogP contribution in [0.3, 0.4) is 0 Å². The lowest BCUT2D eigenvalue weighted by Gasteiger charge is -2.48. The van der Waals surface area contributed by atoms with Crippen LogP contribution in [0.1, 0.15) is 206 Å². The van der Waals surface area contributed by atoms with Crippen molar-refractivity contribution in [1.82, 2.24) is 5.32 Å². The molecule has 19 nitrogen and oxygen atoms in total. The summed E-state index contributed by atoms with van der Waals surface area (Å²) in [6, 6.07) is -0.966. The molecule has 3 fully saturated rings. The van der Waals surface area contributed by atoms with E-state index >= 15 is 0 Å². The van der Waals surface area contributed by atoms with Gasteiger partial charge in [-0.25, -0.2) is 0 Å². The molecular weight excluding hydrogens is 975 g/mol. The molecule has 0 aromatic heterocycles. The fraction of sp³-hybridized carbons (Fsp3) is 0.946. The number of hydrogen-bond acceptors (Lipinski definition) is 18. The molecule has 0 spiro atoms. The van der Waals surface area contributed by atoms with Crippen molar-refractivity contribution in [2.45, 2.75) is 311 Å². The minimum atomic E-state index is -1.97. The standard InChI is InChI=1S/C56H105NO18/c1-3-5-7-9-11-13-15-17-18-19-20-21-22-23-25-27-29-31-33-40(61)39(57-44(62)34-32-30-28-26-24-16-14-12-10-8-6-4-2)38-70-54-50(68)47(65)52(42(36-59)72-54)75-56-51(69)48(66)53(43(37-60)73-56)74-55-49(67)46(64)45(63)41(35-58)71-55/h31,33,39-43,45-56,58-61,63-69H,3-30,32,34-38H2,1-2H3,(H,57,62)/b33-31+. The van der Waals surface area contributed by atoms with Gasteiger partial charge < -0.3 is 89.9 Å². The Morgan fingerprint density at radius 1 is 0.467 bits per heavy atom. The molecule has 442 valence electrons. The topological polar surface area (TPSA) is 307 Å². The van der Waals surface area contributed by atoms with Gasteiger partial charge in [-0.2, -0.15) is 0 Å². The summed E-state index contributed by atoms with van der Waals surface area (Å²) in [5.74, 6) is -0.275. The maximum atomic E-state index is 13.3. The van der Waals surface area contributed by atoms with Gasteiger partial charge in [0.1, 0.15) is 73.2 Å². The van der Waals surface area contributed by atoms with E-state index in [-0.39, 0.29) is 18.9 Å². The molecule has 0 radical (unpaired) electrons. The summed E-state index contributed by atoms with van der Waals surface area (Å²) >= 11 is 0. The molecule has 3 rings (SSSR count). The van der Waals surface area contributed by atoms with Crippen LogP contribution in [0.5, 0.6) is 0 Å². The second kappa shape index (κ2) is 40.7. The molecule has 0 aliphatic carbocycles. The Bertz CT molecular complexity index is 1430. The summed E-state index contributed by atoms with van der Waals surface area (Å²) in [6.45, 7) is 1.72. The molecule has 12 N–H and O–H groups in total. The maximum absolute atomic E-state index is 13.3. The Hall–Kier alpha value is -1.47. The maximum Gasteiger partial charge on any atom is 0.220 e. The number of ether oxygens (including phenoxy) is 6. The van der Waals surface area contributed by atoms with Crippen LogP contribution in [0, 0.1) is 0 Å². The lowest BCUT2D eigenvalue weighted by Crippen LogP contribution is -2.66. The average molecular weight is 1080 g/mol. The molecule has 3 aliphatic heterocycles. The molecule has 19 heteroatoms. The van der Waals surface area contributed by atoms with Gasteiger partial charge in [0.05, 0.1) is 38.6 Å². The highest BCUT2D eigenvalue weighted by atomic mass is 16.8. The summed E-state index contributed by atoms with van der Waals surface area (Å²) in [5.41, 5.74) is 0. The van der Waals surface area contributed by atoms with Crippen molar-refractivity contribution in [2.75, 3.05) is 26.4 Å². The van der Waals surface area contributed by atoms with Gasteiger partial charge in [0.15, 0.2) is 18.9 Å². The highest BCUT2D eigenvalue weighted by molar-refractivity contribution is 5.76. The van der Waals surface area contributed by atoms with Crippen molar-refractivity contribution >= 4 is 5.91 Å². The normalized spacial score (nSPS) is 31.2.